The molecule has 0 spiro atoms. The standard InChI is InChI=1S/C23H21ClN2O5/c1-30-15-9-7-14(8-10-15)22-20(31-2)12-11-18(25-22)23(29)26-19(13-21(27)28)16-5-3-4-6-17(16)24/h3-12,19H,13H2,1-2H3,(H,26,29)(H,27,28)/t19-/m0/s1. The number of aromatic nitrogens is 1. The van der Waals surface area contributed by atoms with Crippen LogP contribution in [-0.4, -0.2) is 36.2 Å². The lowest BCUT2D eigenvalue weighted by molar-refractivity contribution is -0.137. The molecule has 0 saturated carbocycles. The predicted molar refractivity (Wildman–Crippen MR) is 117 cm³/mol. The monoisotopic (exact) mass is 440 g/mol. The molecule has 1 atom stereocenters. The normalized spacial score (nSPS) is 11.5. The first kappa shape index (κ1) is 22.1. The van der Waals surface area contributed by atoms with Crippen molar-refractivity contribution in [3.8, 4) is 22.8 Å². The van der Waals surface area contributed by atoms with Gasteiger partial charge < -0.3 is 19.9 Å². The van der Waals surface area contributed by atoms with Crippen LogP contribution < -0.4 is 14.8 Å². The highest BCUT2D eigenvalue weighted by Gasteiger charge is 2.22. The molecule has 31 heavy (non-hydrogen) atoms. The molecule has 2 aromatic carbocycles. The second-order valence-corrected chi connectivity index (χ2v) is 7.03. The van der Waals surface area contributed by atoms with Crippen molar-refractivity contribution in [2.24, 2.45) is 0 Å². The molecule has 1 heterocycles. The van der Waals surface area contributed by atoms with Gasteiger partial charge in [-0.05, 0) is 48.0 Å². The van der Waals surface area contributed by atoms with E-state index >= 15 is 0 Å². The summed E-state index contributed by atoms with van der Waals surface area (Å²) in [5, 5.41) is 12.4. The Balaban J connectivity index is 1.92. The van der Waals surface area contributed by atoms with Crippen molar-refractivity contribution in [3.05, 3.63) is 76.9 Å². The Hall–Kier alpha value is -3.58. The molecule has 0 aliphatic rings. The molecule has 8 heteroatoms. The average molecular weight is 441 g/mol. The zero-order chi connectivity index (χ0) is 22.4. The molecule has 0 fully saturated rings. The van der Waals surface area contributed by atoms with Crippen molar-refractivity contribution < 1.29 is 24.2 Å². The highest BCUT2D eigenvalue weighted by molar-refractivity contribution is 6.31. The number of carboxylic acids is 1. The maximum atomic E-state index is 12.9. The van der Waals surface area contributed by atoms with Crippen molar-refractivity contribution in [2.45, 2.75) is 12.5 Å². The van der Waals surface area contributed by atoms with Crippen LogP contribution in [0.3, 0.4) is 0 Å². The number of rotatable bonds is 8. The van der Waals surface area contributed by atoms with E-state index < -0.39 is 17.9 Å². The molecule has 7 nitrogen and oxygen atoms in total. The minimum Gasteiger partial charge on any atom is -0.497 e. The van der Waals surface area contributed by atoms with Crippen molar-refractivity contribution >= 4 is 23.5 Å². The van der Waals surface area contributed by atoms with Crippen molar-refractivity contribution in [2.75, 3.05) is 14.2 Å². The Kier molecular flexibility index (Phi) is 7.10. The summed E-state index contributed by atoms with van der Waals surface area (Å²) >= 11 is 6.21. The second kappa shape index (κ2) is 9.95. The fraction of sp³-hybridized carbons (Fsp3) is 0.174. The number of ether oxygens (including phenoxy) is 2. The summed E-state index contributed by atoms with van der Waals surface area (Å²) in [6.45, 7) is 0. The average Bonchev–Trinajstić information content (AvgIpc) is 2.78. The molecule has 3 rings (SSSR count). The van der Waals surface area contributed by atoms with Gasteiger partial charge in [0.2, 0.25) is 0 Å². The summed E-state index contributed by atoms with van der Waals surface area (Å²) in [6.07, 6.45) is -0.322. The highest BCUT2D eigenvalue weighted by atomic mass is 35.5. The van der Waals surface area contributed by atoms with Crippen LogP contribution in [0.25, 0.3) is 11.3 Å². The minimum absolute atomic E-state index is 0.120. The quantitative estimate of drug-likeness (QED) is 0.540. The maximum Gasteiger partial charge on any atom is 0.305 e. The number of carbonyl (C=O) groups excluding carboxylic acids is 1. The van der Waals surface area contributed by atoms with E-state index in [-0.39, 0.29) is 12.1 Å². The number of amides is 1. The molecular weight excluding hydrogens is 420 g/mol. The van der Waals surface area contributed by atoms with Crippen LogP contribution in [-0.2, 0) is 4.79 Å². The van der Waals surface area contributed by atoms with E-state index in [1.54, 1.807) is 49.6 Å². The van der Waals surface area contributed by atoms with E-state index in [9.17, 15) is 14.7 Å². The van der Waals surface area contributed by atoms with E-state index in [4.69, 9.17) is 21.1 Å². The zero-order valence-electron chi connectivity index (χ0n) is 17.0. The van der Waals surface area contributed by atoms with Crippen molar-refractivity contribution in [1.29, 1.82) is 0 Å². The lowest BCUT2D eigenvalue weighted by atomic mass is 10.0. The Bertz CT molecular complexity index is 1090. The van der Waals surface area contributed by atoms with Gasteiger partial charge in [-0.3, -0.25) is 9.59 Å². The van der Waals surface area contributed by atoms with Crippen LogP contribution in [0.4, 0.5) is 0 Å². The summed E-state index contributed by atoms with van der Waals surface area (Å²) in [4.78, 5) is 28.7. The number of benzene rings is 2. The van der Waals surface area contributed by atoms with Crippen LogP contribution >= 0.6 is 11.6 Å². The van der Waals surface area contributed by atoms with E-state index in [0.29, 0.717) is 27.8 Å². The molecular formula is C23H21ClN2O5. The number of carboxylic acid groups (broad SMARTS) is 1. The molecule has 0 bridgehead atoms. The number of hydrogen-bond acceptors (Lipinski definition) is 5. The van der Waals surface area contributed by atoms with Gasteiger partial charge in [0.15, 0.2) is 0 Å². The Morgan fingerprint density at radius 1 is 1.03 bits per heavy atom. The number of halogens is 1. The molecule has 160 valence electrons. The first-order valence-corrected chi connectivity index (χ1v) is 9.77. The van der Waals surface area contributed by atoms with E-state index in [1.165, 1.54) is 13.2 Å². The van der Waals surface area contributed by atoms with E-state index in [0.717, 1.165) is 5.56 Å². The third-order valence-electron chi connectivity index (χ3n) is 4.64. The van der Waals surface area contributed by atoms with Crippen LogP contribution in [0, 0.1) is 0 Å². The van der Waals surface area contributed by atoms with Gasteiger partial charge in [0.1, 0.15) is 22.9 Å². The topological polar surface area (TPSA) is 97.8 Å². The highest BCUT2D eigenvalue weighted by Crippen LogP contribution is 2.30. The molecule has 1 aromatic heterocycles. The summed E-state index contributed by atoms with van der Waals surface area (Å²) in [5.74, 6) is -0.404. The molecule has 0 saturated heterocycles. The number of aliphatic carboxylic acids is 1. The third kappa shape index (κ3) is 5.32. The number of pyridine rings is 1. The van der Waals surface area contributed by atoms with Gasteiger partial charge >= 0.3 is 5.97 Å². The van der Waals surface area contributed by atoms with Gasteiger partial charge in [0, 0.05) is 10.6 Å². The van der Waals surface area contributed by atoms with Crippen molar-refractivity contribution in [3.63, 3.8) is 0 Å². The smallest absolute Gasteiger partial charge is 0.305 e. The van der Waals surface area contributed by atoms with E-state index in [1.807, 2.05) is 12.1 Å². The number of carbonyl (C=O) groups is 2. The molecule has 0 radical (unpaired) electrons. The molecule has 0 unspecified atom stereocenters. The van der Waals surface area contributed by atoms with Gasteiger partial charge in [0.25, 0.3) is 5.91 Å². The second-order valence-electron chi connectivity index (χ2n) is 6.62. The lowest BCUT2D eigenvalue weighted by Crippen LogP contribution is -2.31. The van der Waals surface area contributed by atoms with Gasteiger partial charge in [0.05, 0.1) is 26.7 Å². The molecule has 3 aromatic rings. The third-order valence-corrected chi connectivity index (χ3v) is 4.98. The fourth-order valence-corrected chi connectivity index (χ4v) is 3.36. The summed E-state index contributed by atoms with van der Waals surface area (Å²) in [6, 6.07) is 16.3. The minimum atomic E-state index is -1.06. The van der Waals surface area contributed by atoms with Gasteiger partial charge in [-0.25, -0.2) is 4.98 Å². The number of methoxy groups -OCH3 is 2. The summed E-state index contributed by atoms with van der Waals surface area (Å²) < 4.78 is 10.6. The SMILES string of the molecule is COc1ccc(-c2nc(C(=O)N[C@@H](CC(=O)O)c3ccccc3Cl)ccc2OC)cc1. The number of hydrogen-bond donors (Lipinski definition) is 2. The van der Waals surface area contributed by atoms with Crippen molar-refractivity contribution in [1.82, 2.24) is 10.3 Å². The largest absolute Gasteiger partial charge is 0.497 e. The van der Waals surface area contributed by atoms with Crippen LogP contribution in [0.15, 0.2) is 60.7 Å². The number of nitrogens with one attached hydrogen (secondary N) is 1. The van der Waals surface area contributed by atoms with Crippen LogP contribution in [0.5, 0.6) is 11.5 Å². The molecule has 1 amide bonds. The van der Waals surface area contributed by atoms with Gasteiger partial charge in [-0.15, -0.1) is 0 Å². The fourth-order valence-electron chi connectivity index (χ4n) is 3.10. The first-order chi connectivity index (χ1) is 14.9. The Morgan fingerprint density at radius 2 is 1.74 bits per heavy atom. The van der Waals surface area contributed by atoms with Crippen LogP contribution in [0.2, 0.25) is 5.02 Å². The molecule has 0 aliphatic carbocycles. The first-order valence-electron chi connectivity index (χ1n) is 9.39. The summed E-state index contributed by atoms with van der Waals surface area (Å²) in [5.41, 5.74) is 1.85. The predicted octanol–water partition coefficient (Wildman–Crippen LogP) is 4.37. The van der Waals surface area contributed by atoms with Crippen LogP contribution in [0.1, 0.15) is 28.5 Å². The van der Waals surface area contributed by atoms with Gasteiger partial charge in [-0.1, -0.05) is 29.8 Å². The van der Waals surface area contributed by atoms with Gasteiger partial charge in [-0.2, -0.15) is 0 Å². The molecule has 0 aliphatic heterocycles. The zero-order valence-corrected chi connectivity index (χ0v) is 17.7. The van der Waals surface area contributed by atoms with E-state index in [2.05, 4.69) is 10.3 Å². The Labute approximate surface area is 184 Å². The summed E-state index contributed by atoms with van der Waals surface area (Å²) in [7, 11) is 3.09. The Morgan fingerprint density at radius 3 is 2.35 bits per heavy atom. The number of nitrogens with zero attached hydrogens (tertiary/aromatic N) is 1. The maximum absolute atomic E-state index is 12.9. The molecule has 2 N–H and O–H groups in total. The lowest BCUT2D eigenvalue weighted by Gasteiger charge is -2.19.